The molecule has 0 atom stereocenters. The second-order valence-electron chi connectivity index (χ2n) is 7.15. The van der Waals surface area contributed by atoms with Crippen LogP contribution >= 0.6 is 23.4 Å². The van der Waals surface area contributed by atoms with Crippen molar-refractivity contribution in [1.82, 2.24) is 14.9 Å². The quantitative estimate of drug-likeness (QED) is 0.343. The van der Waals surface area contributed by atoms with Crippen LogP contribution in [-0.2, 0) is 11.3 Å². The van der Waals surface area contributed by atoms with Crippen molar-refractivity contribution in [2.45, 2.75) is 11.7 Å². The molecule has 8 heteroatoms. The number of anilines is 1. The van der Waals surface area contributed by atoms with E-state index in [9.17, 15) is 9.59 Å². The van der Waals surface area contributed by atoms with E-state index in [1.54, 1.807) is 48.8 Å². The topological polar surface area (TPSA) is 76.0 Å². The number of carbonyl (C=O) groups is 2. The second kappa shape index (κ2) is 10.8. The van der Waals surface area contributed by atoms with E-state index < -0.39 is 0 Å². The Kier molecular flexibility index (Phi) is 7.44. The maximum atomic E-state index is 12.6. The molecule has 0 aliphatic carbocycles. The summed E-state index contributed by atoms with van der Waals surface area (Å²) in [6, 6.07) is 24.1. The summed E-state index contributed by atoms with van der Waals surface area (Å²) in [4.78, 5) is 29.3. The van der Waals surface area contributed by atoms with Crippen molar-refractivity contribution in [3.8, 4) is 5.69 Å². The first-order chi connectivity index (χ1) is 16.1. The van der Waals surface area contributed by atoms with E-state index in [2.05, 4.69) is 15.6 Å². The Labute approximate surface area is 201 Å². The number of imidazole rings is 1. The molecule has 4 aromatic rings. The molecule has 1 heterocycles. The standard InChI is InChI=1S/C25H21ClN4O2S/c26-20-9-5-10-21(15-20)29-23(31)17-33-25-27-12-13-30(25)22-11-4-8-19(14-22)24(32)28-16-18-6-2-1-3-7-18/h1-15H,16-17H2,(H,28,32)(H,29,31). The van der Waals surface area contributed by atoms with Crippen molar-refractivity contribution >= 4 is 40.9 Å². The van der Waals surface area contributed by atoms with Crippen LogP contribution in [0.4, 0.5) is 5.69 Å². The largest absolute Gasteiger partial charge is 0.348 e. The number of nitrogens with zero attached hydrogens (tertiary/aromatic N) is 2. The molecular formula is C25H21ClN4O2S. The van der Waals surface area contributed by atoms with E-state index >= 15 is 0 Å². The van der Waals surface area contributed by atoms with Gasteiger partial charge < -0.3 is 10.6 Å². The fraction of sp³-hybridized carbons (Fsp3) is 0.0800. The average molecular weight is 477 g/mol. The Morgan fingerprint density at radius 2 is 1.79 bits per heavy atom. The number of hydrogen-bond donors (Lipinski definition) is 2. The number of rotatable bonds is 8. The summed E-state index contributed by atoms with van der Waals surface area (Å²) >= 11 is 7.27. The number of halogens is 1. The van der Waals surface area contributed by atoms with Crippen LogP contribution in [0.25, 0.3) is 5.69 Å². The van der Waals surface area contributed by atoms with Crippen LogP contribution in [0.5, 0.6) is 0 Å². The highest BCUT2D eigenvalue weighted by Gasteiger charge is 2.12. The van der Waals surface area contributed by atoms with Gasteiger partial charge in [0.15, 0.2) is 5.16 Å². The third-order valence-corrected chi connectivity index (χ3v) is 5.93. The Bertz CT molecular complexity index is 1260. The molecule has 0 radical (unpaired) electrons. The van der Waals surface area contributed by atoms with Gasteiger partial charge in [-0.05, 0) is 42.0 Å². The molecule has 0 aliphatic heterocycles. The van der Waals surface area contributed by atoms with Gasteiger partial charge in [-0.15, -0.1) is 0 Å². The molecule has 0 saturated carbocycles. The highest BCUT2D eigenvalue weighted by atomic mass is 35.5. The molecule has 4 rings (SSSR count). The zero-order valence-corrected chi connectivity index (χ0v) is 19.1. The summed E-state index contributed by atoms with van der Waals surface area (Å²) in [5, 5.41) is 6.97. The van der Waals surface area contributed by atoms with E-state index in [4.69, 9.17) is 11.6 Å². The van der Waals surface area contributed by atoms with E-state index in [0.29, 0.717) is 28.0 Å². The lowest BCUT2D eigenvalue weighted by molar-refractivity contribution is -0.113. The number of aromatic nitrogens is 2. The molecule has 166 valence electrons. The summed E-state index contributed by atoms with van der Waals surface area (Å²) in [7, 11) is 0. The minimum absolute atomic E-state index is 0.157. The minimum atomic E-state index is -0.161. The molecule has 0 fully saturated rings. The van der Waals surface area contributed by atoms with Crippen molar-refractivity contribution in [3.05, 3.63) is 107 Å². The van der Waals surface area contributed by atoms with Crippen LogP contribution in [-0.4, -0.2) is 27.1 Å². The average Bonchev–Trinajstić information content (AvgIpc) is 3.31. The molecule has 6 nitrogen and oxygen atoms in total. The monoisotopic (exact) mass is 476 g/mol. The molecule has 0 unspecified atom stereocenters. The summed E-state index contributed by atoms with van der Waals surface area (Å²) in [5.74, 6) is -0.136. The molecule has 0 saturated heterocycles. The molecule has 0 bridgehead atoms. The lowest BCUT2D eigenvalue weighted by Crippen LogP contribution is -2.22. The number of amides is 2. The van der Waals surface area contributed by atoms with E-state index in [-0.39, 0.29) is 17.6 Å². The second-order valence-corrected chi connectivity index (χ2v) is 8.52. The van der Waals surface area contributed by atoms with Crippen molar-refractivity contribution in [3.63, 3.8) is 0 Å². The predicted molar refractivity (Wildman–Crippen MR) is 132 cm³/mol. The summed E-state index contributed by atoms with van der Waals surface area (Å²) in [6.07, 6.45) is 3.47. The third kappa shape index (κ3) is 6.25. The molecule has 2 N–H and O–H groups in total. The number of carbonyl (C=O) groups excluding carboxylic acids is 2. The highest BCUT2D eigenvalue weighted by Crippen LogP contribution is 2.22. The third-order valence-electron chi connectivity index (χ3n) is 4.73. The summed E-state index contributed by atoms with van der Waals surface area (Å²) in [6.45, 7) is 0.456. The van der Waals surface area contributed by atoms with Gasteiger partial charge >= 0.3 is 0 Å². The Hall–Kier alpha value is -3.55. The van der Waals surface area contributed by atoms with Gasteiger partial charge in [0.2, 0.25) is 5.91 Å². The lowest BCUT2D eigenvalue weighted by Gasteiger charge is -2.10. The van der Waals surface area contributed by atoms with Crippen molar-refractivity contribution in [2.24, 2.45) is 0 Å². The van der Waals surface area contributed by atoms with Gasteiger partial charge in [-0.25, -0.2) is 4.98 Å². The van der Waals surface area contributed by atoms with Crippen LogP contribution in [0.15, 0.2) is 96.4 Å². The molecule has 2 amide bonds. The van der Waals surface area contributed by atoms with Gasteiger partial charge in [-0.2, -0.15) is 0 Å². The molecule has 0 spiro atoms. The summed E-state index contributed by atoms with van der Waals surface area (Å²) < 4.78 is 1.85. The fourth-order valence-electron chi connectivity index (χ4n) is 3.16. The van der Waals surface area contributed by atoms with Crippen LogP contribution < -0.4 is 10.6 Å². The lowest BCUT2D eigenvalue weighted by atomic mass is 10.1. The number of benzene rings is 3. The first-order valence-electron chi connectivity index (χ1n) is 10.2. The zero-order chi connectivity index (χ0) is 23.0. The number of nitrogens with one attached hydrogen (secondary N) is 2. The van der Waals surface area contributed by atoms with Crippen LogP contribution in [0, 0.1) is 0 Å². The van der Waals surface area contributed by atoms with Gasteiger partial charge in [0.05, 0.1) is 5.75 Å². The normalized spacial score (nSPS) is 10.6. The van der Waals surface area contributed by atoms with Crippen molar-refractivity contribution in [2.75, 3.05) is 11.1 Å². The maximum absolute atomic E-state index is 12.6. The van der Waals surface area contributed by atoms with Crippen LogP contribution in [0.1, 0.15) is 15.9 Å². The molecule has 0 aliphatic rings. The maximum Gasteiger partial charge on any atom is 0.251 e. The summed E-state index contributed by atoms with van der Waals surface area (Å²) in [5.41, 5.74) is 3.02. The van der Waals surface area contributed by atoms with Gasteiger partial charge in [-0.1, -0.05) is 65.8 Å². The molecule has 3 aromatic carbocycles. The van der Waals surface area contributed by atoms with Crippen LogP contribution in [0.2, 0.25) is 5.02 Å². The van der Waals surface area contributed by atoms with Crippen LogP contribution in [0.3, 0.4) is 0 Å². The Morgan fingerprint density at radius 3 is 2.61 bits per heavy atom. The minimum Gasteiger partial charge on any atom is -0.348 e. The van der Waals surface area contributed by atoms with Gasteiger partial charge in [0, 0.05) is 40.9 Å². The zero-order valence-electron chi connectivity index (χ0n) is 17.6. The smallest absolute Gasteiger partial charge is 0.251 e. The fourth-order valence-corrected chi connectivity index (χ4v) is 4.13. The van der Waals surface area contributed by atoms with Crippen molar-refractivity contribution < 1.29 is 9.59 Å². The Balaban J connectivity index is 1.39. The molecule has 33 heavy (non-hydrogen) atoms. The molecular weight excluding hydrogens is 456 g/mol. The van der Waals surface area contributed by atoms with Gasteiger partial charge in [-0.3, -0.25) is 14.2 Å². The van der Waals surface area contributed by atoms with Gasteiger partial charge in [0.25, 0.3) is 5.91 Å². The number of thioether (sulfide) groups is 1. The highest BCUT2D eigenvalue weighted by molar-refractivity contribution is 7.99. The first kappa shape index (κ1) is 22.6. The van der Waals surface area contributed by atoms with Gasteiger partial charge in [0.1, 0.15) is 0 Å². The number of hydrogen-bond acceptors (Lipinski definition) is 4. The molecule has 1 aromatic heterocycles. The van der Waals surface area contributed by atoms with Crippen molar-refractivity contribution in [1.29, 1.82) is 0 Å². The first-order valence-corrected chi connectivity index (χ1v) is 11.6. The van der Waals surface area contributed by atoms with E-state index in [1.165, 1.54) is 11.8 Å². The van der Waals surface area contributed by atoms with E-state index in [1.807, 2.05) is 47.0 Å². The Morgan fingerprint density at radius 1 is 0.970 bits per heavy atom. The SMILES string of the molecule is O=C(CSc1nccn1-c1cccc(C(=O)NCc2ccccc2)c1)Nc1cccc(Cl)c1. The predicted octanol–water partition coefficient (Wildman–Crippen LogP) is 5.19. The van der Waals surface area contributed by atoms with E-state index in [0.717, 1.165) is 11.3 Å².